The lowest BCUT2D eigenvalue weighted by atomic mass is 9.81. The number of benzene rings is 1. The van der Waals surface area contributed by atoms with Crippen LogP contribution >= 0.6 is 0 Å². The lowest BCUT2D eigenvalue weighted by Gasteiger charge is -2.23. The lowest BCUT2D eigenvalue weighted by molar-refractivity contribution is -0.143. The summed E-state index contributed by atoms with van der Waals surface area (Å²) in [5.74, 6) is -1.94. The molecule has 0 spiro atoms. The van der Waals surface area contributed by atoms with Crippen molar-refractivity contribution in [1.29, 1.82) is 0 Å². The molecule has 3 N–H and O–H groups in total. The molecule has 0 amide bonds. The predicted octanol–water partition coefficient (Wildman–Crippen LogP) is 1.98. The summed E-state index contributed by atoms with van der Waals surface area (Å²) >= 11 is 0. The molecule has 0 bridgehead atoms. The van der Waals surface area contributed by atoms with Gasteiger partial charge in [0.05, 0.1) is 12.0 Å². The van der Waals surface area contributed by atoms with Gasteiger partial charge in [0.15, 0.2) is 5.82 Å². The van der Waals surface area contributed by atoms with E-state index in [0.29, 0.717) is 49.3 Å². The molecule has 2 heterocycles. The number of aromatic nitrogens is 4. The molecule has 1 aromatic heterocycles. The van der Waals surface area contributed by atoms with Crippen LogP contribution in [-0.2, 0) is 17.8 Å². The SMILES string of the molecule is CC(C)CC(C(=O)O)C(Cc1ccc(CN2CCC(O)C2)c(F)c1)c1nn[nH]n1. The molecular formula is C20H28FN5O3. The van der Waals surface area contributed by atoms with E-state index in [1.54, 1.807) is 6.07 Å². The lowest BCUT2D eigenvalue weighted by Crippen LogP contribution is -2.26. The first kappa shape index (κ1) is 21.3. The van der Waals surface area contributed by atoms with Gasteiger partial charge in [-0.05, 0) is 36.8 Å². The smallest absolute Gasteiger partial charge is 0.307 e. The van der Waals surface area contributed by atoms with E-state index >= 15 is 0 Å². The first-order valence-corrected chi connectivity index (χ1v) is 9.97. The molecule has 1 fully saturated rings. The summed E-state index contributed by atoms with van der Waals surface area (Å²) in [6.07, 6.45) is 1.13. The Bertz CT molecular complexity index is 814. The summed E-state index contributed by atoms with van der Waals surface area (Å²) in [5.41, 5.74) is 1.26. The Hall–Kier alpha value is -2.39. The number of carboxylic acids is 1. The third-order valence-electron chi connectivity index (χ3n) is 5.44. The third-order valence-corrected chi connectivity index (χ3v) is 5.44. The maximum atomic E-state index is 14.7. The number of hydrogen-bond acceptors (Lipinski definition) is 6. The summed E-state index contributed by atoms with van der Waals surface area (Å²) in [7, 11) is 0. The molecule has 1 aliphatic rings. The zero-order chi connectivity index (χ0) is 21.0. The van der Waals surface area contributed by atoms with Crippen molar-refractivity contribution in [2.24, 2.45) is 11.8 Å². The second kappa shape index (κ2) is 9.41. The number of nitrogens with one attached hydrogen (secondary N) is 1. The van der Waals surface area contributed by atoms with Crippen molar-refractivity contribution in [3.05, 3.63) is 41.0 Å². The van der Waals surface area contributed by atoms with Crippen LogP contribution in [0.4, 0.5) is 4.39 Å². The van der Waals surface area contributed by atoms with Gasteiger partial charge in [-0.2, -0.15) is 5.21 Å². The molecule has 9 heteroatoms. The largest absolute Gasteiger partial charge is 0.481 e. The van der Waals surface area contributed by atoms with Crippen molar-refractivity contribution in [1.82, 2.24) is 25.5 Å². The number of halogens is 1. The Balaban J connectivity index is 1.78. The van der Waals surface area contributed by atoms with E-state index in [2.05, 4.69) is 20.6 Å². The first-order valence-electron chi connectivity index (χ1n) is 9.97. The summed E-state index contributed by atoms with van der Waals surface area (Å²) in [6.45, 7) is 5.68. The van der Waals surface area contributed by atoms with E-state index in [-0.39, 0.29) is 17.8 Å². The molecule has 3 rings (SSSR count). The molecule has 29 heavy (non-hydrogen) atoms. The van der Waals surface area contributed by atoms with Gasteiger partial charge in [0, 0.05) is 31.1 Å². The van der Waals surface area contributed by atoms with E-state index in [4.69, 9.17) is 0 Å². The number of aliphatic carboxylic acids is 1. The van der Waals surface area contributed by atoms with E-state index in [9.17, 15) is 19.4 Å². The molecule has 158 valence electrons. The fraction of sp³-hybridized carbons (Fsp3) is 0.600. The number of β-amino-alcohol motifs (C(OH)–C–C–N with tert-alkyl or cyclic N) is 1. The third kappa shape index (κ3) is 5.57. The average molecular weight is 405 g/mol. The van der Waals surface area contributed by atoms with E-state index in [0.717, 1.165) is 6.54 Å². The predicted molar refractivity (Wildman–Crippen MR) is 104 cm³/mol. The van der Waals surface area contributed by atoms with Crippen molar-refractivity contribution in [3.8, 4) is 0 Å². The van der Waals surface area contributed by atoms with Crippen molar-refractivity contribution < 1.29 is 19.4 Å². The van der Waals surface area contributed by atoms with Gasteiger partial charge in [0.25, 0.3) is 0 Å². The number of carboxylic acid groups (broad SMARTS) is 1. The summed E-state index contributed by atoms with van der Waals surface area (Å²) < 4.78 is 14.7. The molecule has 0 saturated carbocycles. The van der Waals surface area contributed by atoms with Gasteiger partial charge in [0.1, 0.15) is 5.82 Å². The number of tetrazole rings is 1. The molecule has 3 atom stereocenters. The number of hydrogen-bond donors (Lipinski definition) is 3. The number of rotatable bonds is 9. The maximum Gasteiger partial charge on any atom is 0.307 e. The fourth-order valence-corrected chi connectivity index (χ4v) is 3.98. The van der Waals surface area contributed by atoms with Crippen LogP contribution in [-0.4, -0.2) is 60.9 Å². The van der Waals surface area contributed by atoms with Gasteiger partial charge >= 0.3 is 5.97 Å². The molecule has 8 nitrogen and oxygen atoms in total. The molecular weight excluding hydrogens is 377 g/mol. The van der Waals surface area contributed by atoms with Crippen molar-refractivity contribution in [2.45, 2.75) is 51.7 Å². The number of aliphatic hydroxyl groups excluding tert-OH is 1. The maximum absolute atomic E-state index is 14.7. The minimum Gasteiger partial charge on any atom is -0.481 e. The molecule has 3 unspecified atom stereocenters. The van der Waals surface area contributed by atoms with Gasteiger partial charge in [-0.15, -0.1) is 10.2 Å². The Labute approximate surface area is 169 Å². The minimum atomic E-state index is -0.918. The Morgan fingerprint density at radius 2 is 2.21 bits per heavy atom. The summed E-state index contributed by atoms with van der Waals surface area (Å²) in [5, 5.41) is 33.4. The molecule has 1 aromatic carbocycles. The van der Waals surface area contributed by atoms with Crippen LogP contribution in [0.5, 0.6) is 0 Å². The average Bonchev–Trinajstić information content (AvgIpc) is 3.32. The molecule has 1 aliphatic heterocycles. The molecule has 0 aliphatic carbocycles. The van der Waals surface area contributed by atoms with Crippen molar-refractivity contribution >= 4 is 5.97 Å². The fourth-order valence-electron chi connectivity index (χ4n) is 3.98. The standard InChI is InChI=1S/C20H28FN5O3/c1-12(2)7-17(20(28)29)16(19-22-24-25-23-19)8-13-3-4-14(18(21)9-13)10-26-6-5-15(27)11-26/h3-4,9,12,15-17,27H,5-8,10-11H2,1-2H3,(H,28,29)(H,22,23,24,25). The van der Waals surface area contributed by atoms with Gasteiger partial charge in [-0.25, -0.2) is 4.39 Å². The number of aliphatic hydroxyl groups is 1. The summed E-state index contributed by atoms with van der Waals surface area (Å²) in [6, 6.07) is 5.02. The van der Waals surface area contributed by atoms with Gasteiger partial charge < -0.3 is 10.2 Å². The quantitative estimate of drug-likeness (QED) is 0.584. The van der Waals surface area contributed by atoms with Crippen LogP contribution in [0.1, 0.15) is 49.6 Å². The Kier molecular flexibility index (Phi) is 6.92. The Morgan fingerprint density at radius 1 is 1.41 bits per heavy atom. The number of H-pyrrole nitrogens is 1. The monoisotopic (exact) mass is 405 g/mol. The summed E-state index contributed by atoms with van der Waals surface area (Å²) in [4.78, 5) is 13.9. The Morgan fingerprint density at radius 3 is 2.76 bits per heavy atom. The second-order valence-corrected chi connectivity index (χ2v) is 8.26. The van der Waals surface area contributed by atoms with Crippen LogP contribution in [0.3, 0.4) is 0 Å². The molecule has 0 radical (unpaired) electrons. The van der Waals surface area contributed by atoms with Crippen LogP contribution < -0.4 is 0 Å². The van der Waals surface area contributed by atoms with E-state index < -0.39 is 17.8 Å². The van der Waals surface area contributed by atoms with Gasteiger partial charge in [0.2, 0.25) is 0 Å². The highest BCUT2D eigenvalue weighted by atomic mass is 19.1. The highest BCUT2D eigenvalue weighted by Crippen LogP contribution is 2.31. The normalized spacial score (nSPS) is 19.6. The highest BCUT2D eigenvalue weighted by molar-refractivity contribution is 5.71. The van der Waals surface area contributed by atoms with Gasteiger partial charge in [-0.1, -0.05) is 31.2 Å². The van der Waals surface area contributed by atoms with Crippen LogP contribution in [0.15, 0.2) is 18.2 Å². The molecule has 2 aromatic rings. The number of likely N-dealkylation sites (tertiary alicyclic amines) is 1. The van der Waals surface area contributed by atoms with E-state index in [1.807, 2.05) is 24.8 Å². The zero-order valence-corrected chi connectivity index (χ0v) is 16.8. The zero-order valence-electron chi connectivity index (χ0n) is 16.8. The van der Waals surface area contributed by atoms with Crippen LogP contribution in [0.25, 0.3) is 0 Å². The molecule has 1 saturated heterocycles. The van der Waals surface area contributed by atoms with Gasteiger partial charge in [-0.3, -0.25) is 9.69 Å². The number of nitrogens with zero attached hydrogens (tertiary/aromatic N) is 4. The number of carbonyl (C=O) groups is 1. The minimum absolute atomic E-state index is 0.181. The van der Waals surface area contributed by atoms with E-state index in [1.165, 1.54) is 6.07 Å². The highest BCUT2D eigenvalue weighted by Gasteiger charge is 2.33. The number of aromatic amines is 1. The second-order valence-electron chi connectivity index (χ2n) is 8.26. The van der Waals surface area contributed by atoms with Crippen LogP contribution in [0.2, 0.25) is 0 Å². The van der Waals surface area contributed by atoms with Crippen molar-refractivity contribution in [2.75, 3.05) is 13.1 Å². The topological polar surface area (TPSA) is 115 Å². The van der Waals surface area contributed by atoms with Crippen LogP contribution in [0, 0.1) is 17.7 Å². The first-order chi connectivity index (χ1) is 13.8. The van der Waals surface area contributed by atoms with Crippen molar-refractivity contribution in [3.63, 3.8) is 0 Å².